The van der Waals surface area contributed by atoms with E-state index >= 15 is 0 Å². The number of nitrogens with one attached hydrogen (secondary N) is 1. The Labute approximate surface area is 110 Å². The van der Waals surface area contributed by atoms with E-state index in [9.17, 15) is 9.18 Å². The largest absolute Gasteiger partial charge is 0.396 e. The monoisotopic (exact) mass is 259 g/mol. The number of carbonyl (C=O) groups is 1. The topological polar surface area (TPSA) is 68.0 Å². The SMILES string of the molecule is Nc1c(F)cccc1C(=O)NCCc1cccnc1. The van der Waals surface area contributed by atoms with E-state index in [2.05, 4.69) is 10.3 Å². The van der Waals surface area contributed by atoms with Crippen molar-refractivity contribution in [1.82, 2.24) is 10.3 Å². The van der Waals surface area contributed by atoms with Gasteiger partial charge in [-0.3, -0.25) is 9.78 Å². The average Bonchev–Trinajstić information content (AvgIpc) is 2.43. The Hall–Kier alpha value is -2.43. The predicted octanol–water partition coefficient (Wildman–Crippen LogP) is 1.78. The van der Waals surface area contributed by atoms with Gasteiger partial charge in [-0.05, 0) is 30.2 Å². The summed E-state index contributed by atoms with van der Waals surface area (Å²) in [5.41, 5.74) is 6.58. The Morgan fingerprint density at radius 1 is 1.32 bits per heavy atom. The second kappa shape index (κ2) is 5.95. The standard InChI is InChI=1S/C14H14FN3O/c15-12-5-1-4-11(13(12)16)14(19)18-8-6-10-3-2-7-17-9-10/h1-5,7,9H,6,8,16H2,(H,18,19). The van der Waals surface area contributed by atoms with E-state index in [0.29, 0.717) is 13.0 Å². The fraction of sp³-hybridized carbons (Fsp3) is 0.143. The lowest BCUT2D eigenvalue weighted by Crippen LogP contribution is -2.26. The van der Waals surface area contributed by atoms with Crippen LogP contribution in [0, 0.1) is 5.82 Å². The Morgan fingerprint density at radius 2 is 2.16 bits per heavy atom. The van der Waals surface area contributed by atoms with Crippen molar-refractivity contribution in [2.24, 2.45) is 0 Å². The van der Waals surface area contributed by atoms with Crippen molar-refractivity contribution < 1.29 is 9.18 Å². The summed E-state index contributed by atoms with van der Waals surface area (Å²) in [5.74, 6) is -0.958. The van der Waals surface area contributed by atoms with Crippen molar-refractivity contribution in [3.05, 3.63) is 59.7 Å². The molecule has 98 valence electrons. The van der Waals surface area contributed by atoms with E-state index in [1.54, 1.807) is 12.4 Å². The van der Waals surface area contributed by atoms with Crippen LogP contribution in [0.1, 0.15) is 15.9 Å². The molecule has 5 heteroatoms. The number of nitrogen functional groups attached to an aromatic ring is 1. The molecule has 0 aliphatic heterocycles. The Kier molecular flexibility index (Phi) is 4.07. The van der Waals surface area contributed by atoms with Crippen molar-refractivity contribution in [3.63, 3.8) is 0 Å². The molecule has 0 aliphatic carbocycles. The van der Waals surface area contributed by atoms with E-state index in [1.807, 2.05) is 12.1 Å². The van der Waals surface area contributed by atoms with E-state index in [0.717, 1.165) is 5.56 Å². The molecule has 0 saturated carbocycles. The van der Waals surface area contributed by atoms with Crippen molar-refractivity contribution >= 4 is 11.6 Å². The molecule has 0 bridgehead atoms. The van der Waals surface area contributed by atoms with Gasteiger partial charge in [0.05, 0.1) is 11.3 Å². The number of carbonyl (C=O) groups excluding carboxylic acids is 1. The number of anilines is 1. The van der Waals surface area contributed by atoms with Crippen LogP contribution in [0.5, 0.6) is 0 Å². The Bertz CT molecular complexity index is 572. The zero-order chi connectivity index (χ0) is 13.7. The van der Waals surface area contributed by atoms with Gasteiger partial charge in [-0.25, -0.2) is 4.39 Å². The van der Waals surface area contributed by atoms with Gasteiger partial charge in [-0.15, -0.1) is 0 Å². The quantitative estimate of drug-likeness (QED) is 0.822. The number of halogens is 1. The lowest BCUT2D eigenvalue weighted by Gasteiger charge is -2.07. The molecular formula is C14H14FN3O. The summed E-state index contributed by atoms with van der Waals surface area (Å²) in [6.45, 7) is 0.445. The average molecular weight is 259 g/mol. The van der Waals surface area contributed by atoms with Crippen molar-refractivity contribution in [2.45, 2.75) is 6.42 Å². The van der Waals surface area contributed by atoms with Gasteiger partial charge in [-0.1, -0.05) is 12.1 Å². The molecule has 0 aliphatic rings. The summed E-state index contributed by atoms with van der Waals surface area (Å²) in [6.07, 6.45) is 4.09. The van der Waals surface area contributed by atoms with Gasteiger partial charge < -0.3 is 11.1 Å². The third kappa shape index (κ3) is 3.28. The van der Waals surface area contributed by atoms with Crippen LogP contribution in [0.4, 0.5) is 10.1 Å². The molecule has 0 saturated heterocycles. The molecule has 1 amide bonds. The van der Waals surface area contributed by atoms with Crippen LogP contribution < -0.4 is 11.1 Å². The number of rotatable bonds is 4. The minimum absolute atomic E-state index is 0.124. The van der Waals surface area contributed by atoms with Crippen LogP contribution in [-0.2, 0) is 6.42 Å². The highest BCUT2D eigenvalue weighted by Crippen LogP contribution is 2.15. The number of benzene rings is 1. The second-order valence-corrected chi connectivity index (χ2v) is 4.07. The summed E-state index contributed by atoms with van der Waals surface area (Å²) in [7, 11) is 0. The fourth-order valence-electron chi connectivity index (χ4n) is 1.70. The number of hydrogen-bond acceptors (Lipinski definition) is 3. The minimum Gasteiger partial charge on any atom is -0.396 e. The number of pyridine rings is 1. The van der Waals surface area contributed by atoms with E-state index in [4.69, 9.17) is 5.73 Å². The fourth-order valence-corrected chi connectivity index (χ4v) is 1.70. The van der Waals surface area contributed by atoms with Crippen LogP contribution in [0.25, 0.3) is 0 Å². The summed E-state index contributed by atoms with van der Waals surface area (Å²) in [4.78, 5) is 15.8. The second-order valence-electron chi connectivity index (χ2n) is 4.07. The highest BCUT2D eigenvalue weighted by atomic mass is 19.1. The highest BCUT2D eigenvalue weighted by molar-refractivity contribution is 5.99. The molecule has 19 heavy (non-hydrogen) atoms. The van der Waals surface area contributed by atoms with Crippen molar-refractivity contribution in [1.29, 1.82) is 0 Å². The number of hydrogen-bond donors (Lipinski definition) is 2. The number of nitrogens with zero attached hydrogens (tertiary/aromatic N) is 1. The summed E-state index contributed by atoms with van der Waals surface area (Å²) < 4.78 is 13.2. The maximum Gasteiger partial charge on any atom is 0.253 e. The lowest BCUT2D eigenvalue weighted by molar-refractivity contribution is 0.0954. The summed E-state index contributed by atoms with van der Waals surface area (Å²) in [6, 6.07) is 7.94. The van der Waals surface area contributed by atoms with Crippen molar-refractivity contribution in [2.75, 3.05) is 12.3 Å². The van der Waals surface area contributed by atoms with Gasteiger partial charge in [0.15, 0.2) is 0 Å². The number of amides is 1. The molecule has 4 nitrogen and oxygen atoms in total. The molecule has 2 rings (SSSR count). The lowest BCUT2D eigenvalue weighted by atomic mass is 10.1. The van der Waals surface area contributed by atoms with Crippen LogP contribution in [0.2, 0.25) is 0 Å². The molecular weight excluding hydrogens is 245 g/mol. The van der Waals surface area contributed by atoms with Crippen LogP contribution in [-0.4, -0.2) is 17.4 Å². The Morgan fingerprint density at radius 3 is 2.89 bits per heavy atom. The van der Waals surface area contributed by atoms with Gasteiger partial charge >= 0.3 is 0 Å². The molecule has 1 aromatic carbocycles. The first-order chi connectivity index (χ1) is 9.18. The number of aromatic nitrogens is 1. The van der Waals surface area contributed by atoms with Gasteiger partial charge in [0, 0.05) is 18.9 Å². The summed E-state index contributed by atoms with van der Waals surface area (Å²) in [5, 5.41) is 2.70. The first kappa shape index (κ1) is 13.0. The van der Waals surface area contributed by atoms with Gasteiger partial charge in [0.25, 0.3) is 5.91 Å². The molecule has 0 fully saturated rings. The van der Waals surface area contributed by atoms with E-state index < -0.39 is 5.82 Å². The maximum absolute atomic E-state index is 13.2. The molecule has 1 heterocycles. The van der Waals surface area contributed by atoms with E-state index in [-0.39, 0.29) is 17.2 Å². The van der Waals surface area contributed by atoms with Crippen LogP contribution in [0.3, 0.4) is 0 Å². The zero-order valence-electron chi connectivity index (χ0n) is 10.3. The molecule has 0 atom stereocenters. The molecule has 0 radical (unpaired) electrons. The Balaban J connectivity index is 1.93. The van der Waals surface area contributed by atoms with Gasteiger partial charge in [0.1, 0.15) is 5.82 Å². The normalized spacial score (nSPS) is 10.2. The van der Waals surface area contributed by atoms with E-state index in [1.165, 1.54) is 18.2 Å². The predicted molar refractivity (Wildman–Crippen MR) is 71.1 cm³/mol. The smallest absolute Gasteiger partial charge is 0.253 e. The third-order valence-electron chi connectivity index (χ3n) is 2.72. The minimum atomic E-state index is -0.583. The number of para-hydroxylation sites is 1. The third-order valence-corrected chi connectivity index (χ3v) is 2.72. The van der Waals surface area contributed by atoms with Crippen LogP contribution in [0.15, 0.2) is 42.7 Å². The molecule has 1 aromatic heterocycles. The first-order valence-electron chi connectivity index (χ1n) is 5.89. The zero-order valence-corrected chi connectivity index (χ0v) is 10.3. The molecule has 3 N–H and O–H groups in total. The molecule has 0 unspecified atom stereocenters. The molecule has 2 aromatic rings. The maximum atomic E-state index is 13.2. The van der Waals surface area contributed by atoms with Gasteiger partial charge in [0.2, 0.25) is 0 Å². The summed E-state index contributed by atoms with van der Waals surface area (Å²) >= 11 is 0. The first-order valence-corrected chi connectivity index (χ1v) is 5.89. The number of nitrogens with two attached hydrogens (primary N) is 1. The van der Waals surface area contributed by atoms with Crippen molar-refractivity contribution in [3.8, 4) is 0 Å². The van der Waals surface area contributed by atoms with Gasteiger partial charge in [-0.2, -0.15) is 0 Å². The highest BCUT2D eigenvalue weighted by Gasteiger charge is 2.11. The van der Waals surface area contributed by atoms with Crippen LogP contribution >= 0.6 is 0 Å². The molecule has 0 spiro atoms.